The van der Waals surface area contributed by atoms with Crippen molar-refractivity contribution in [3.05, 3.63) is 48.8 Å². The summed E-state index contributed by atoms with van der Waals surface area (Å²) in [5, 5.41) is 7.43. The Balaban J connectivity index is 1.26. The first-order chi connectivity index (χ1) is 13.6. The van der Waals surface area contributed by atoms with Crippen LogP contribution in [0.25, 0.3) is 11.4 Å². The molecule has 3 heterocycles. The molecule has 2 aliphatic rings. The third-order valence-corrected chi connectivity index (χ3v) is 5.68. The molecule has 0 atom stereocenters. The van der Waals surface area contributed by atoms with Gasteiger partial charge in [0.05, 0.1) is 0 Å². The van der Waals surface area contributed by atoms with Gasteiger partial charge in [-0.3, -0.25) is 14.7 Å². The summed E-state index contributed by atoms with van der Waals surface area (Å²) < 4.78 is 0. The zero-order chi connectivity index (χ0) is 19.5. The molecule has 146 valence electrons. The number of carbonyl (C=O) groups excluding carboxylic acids is 2. The lowest BCUT2D eigenvalue weighted by Crippen LogP contribution is -2.51. The summed E-state index contributed by atoms with van der Waals surface area (Å²) in [5.41, 5.74) is 1.00. The average molecular weight is 379 g/mol. The predicted molar refractivity (Wildman–Crippen MR) is 105 cm³/mol. The average Bonchev–Trinajstić information content (AvgIpc) is 3.21. The SMILES string of the molecule is C=CC(=O)N1CC(CC(=O)N2CCC(c3nc(-c4ccccc4)n[nH]3)CC2)C1. The molecule has 2 aromatic rings. The number of hydrogen-bond acceptors (Lipinski definition) is 4. The normalized spacial score (nSPS) is 18.0. The first kappa shape index (κ1) is 18.4. The van der Waals surface area contributed by atoms with E-state index in [-0.39, 0.29) is 17.7 Å². The molecular weight excluding hydrogens is 354 g/mol. The number of carbonyl (C=O) groups is 2. The number of piperidine rings is 1. The van der Waals surface area contributed by atoms with Gasteiger partial charge in [0.1, 0.15) is 5.82 Å². The molecular formula is C21H25N5O2. The second kappa shape index (κ2) is 7.96. The maximum atomic E-state index is 12.5. The number of hydrogen-bond donors (Lipinski definition) is 1. The molecule has 0 aliphatic carbocycles. The monoisotopic (exact) mass is 379 g/mol. The van der Waals surface area contributed by atoms with Gasteiger partial charge in [0.2, 0.25) is 11.8 Å². The van der Waals surface area contributed by atoms with Crippen LogP contribution in [0.1, 0.15) is 31.0 Å². The van der Waals surface area contributed by atoms with Crippen LogP contribution in [0.4, 0.5) is 0 Å². The zero-order valence-corrected chi connectivity index (χ0v) is 15.9. The van der Waals surface area contributed by atoms with Gasteiger partial charge in [-0.25, -0.2) is 4.98 Å². The van der Waals surface area contributed by atoms with E-state index in [0.717, 1.165) is 43.1 Å². The van der Waals surface area contributed by atoms with Gasteiger partial charge < -0.3 is 9.80 Å². The van der Waals surface area contributed by atoms with E-state index < -0.39 is 0 Å². The third-order valence-electron chi connectivity index (χ3n) is 5.68. The van der Waals surface area contributed by atoms with E-state index in [1.54, 1.807) is 4.90 Å². The molecule has 2 fully saturated rings. The minimum absolute atomic E-state index is 0.0496. The van der Waals surface area contributed by atoms with E-state index in [0.29, 0.717) is 25.4 Å². The number of benzene rings is 1. The van der Waals surface area contributed by atoms with Crippen molar-refractivity contribution < 1.29 is 9.59 Å². The molecule has 1 aromatic heterocycles. The molecule has 0 bridgehead atoms. The summed E-state index contributed by atoms with van der Waals surface area (Å²) in [6.45, 7) is 6.30. The molecule has 7 heteroatoms. The van der Waals surface area contributed by atoms with Crippen LogP contribution in [-0.4, -0.2) is 63.0 Å². The Morgan fingerprint density at radius 1 is 1.14 bits per heavy atom. The van der Waals surface area contributed by atoms with E-state index in [4.69, 9.17) is 0 Å². The molecule has 0 unspecified atom stereocenters. The number of rotatable bonds is 5. The first-order valence-corrected chi connectivity index (χ1v) is 9.81. The highest BCUT2D eigenvalue weighted by Crippen LogP contribution is 2.28. The number of amides is 2. The van der Waals surface area contributed by atoms with Gasteiger partial charge in [0.25, 0.3) is 0 Å². The van der Waals surface area contributed by atoms with Crippen LogP contribution < -0.4 is 0 Å². The Hall–Kier alpha value is -2.96. The van der Waals surface area contributed by atoms with Crippen molar-refractivity contribution >= 4 is 11.8 Å². The maximum Gasteiger partial charge on any atom is 0.245 e. The van der Waals surface area contributed by atoms with Gasteiger partial charge in [0, 0.05) is 50.0 Å². The van der Waals surface area contributed by atoms with E-state index in [1.807, 2.05) is 35.2 Å². The minimum Gasteiger partial charge on any atom is -0.343 e. The molecule has 2 saturated heterocycles. The summed E-state index contributed by atoms with van der Waals surface area (Å²) >= 11 is 0. The lowest BCUT2D eigenvalue weighted by atomic mass is 9.93. The van der Waals surface area contributed by atoms with E-state index in [2.05, 4.69) is 21.8 Å². The van der Waals surface area contributed by atoms with Gasteiger partial charge in [-0.1, -0.05) is 36.9 Å². The highest BCUT2D eigenvalue weighted by Gasteiger charge is 2.33. The quantitative estimate of drug-likeness (QED) is 0.808. The predicted octanol–water partition coefficient (Wildman–Crippen LogP) is 2.21. The van der Waals surface area contributed by atoms with E-state index >= 15 is 0 Å². The lowest BCUT2D eigenvalue weighted by Gasteiger charge is -2.40. The van der Waals surface area contributed by atoms with Gasteiger partial charge in [-0.2, -0.15) is 5.10 Å². The fourth-order valence-corrected chi connectivity index (χ4v) is 3.96. The van der Waals surface area contributed by atoms with Crippen LogP contribution in [0.5, 0.6) is 0 Å². The Kier molecular flexibility index (Phi) is 5.23. The molecule has 0 radical (unpaired) electrons. The summed E-state index contributed by atoms with van der Waals surface area (Å²) in [6.07, 6.45) is 3.63. The number of nitrogens with one attached hydrogen (secondary N) is 1. The molecule has 28 heavy (non-hydrogen) atoms. The fourth-order valence-electron chi connectivity index (χ4n) is 3.96. The van der Waals surface area contributed by atoms with Crippen LogP contribution in [0.2, 0.25) is 0 Å². The molecule has 2 amide bonds. The van der Waals surface area contributed by atoms with E-state index in [9.17, 15) is 9.59 Å². The maximum absolute atomic E-state index is 12.5. The van der Waals surface area contributed by atoms with E-state index in [1.165, 1.54) is 6.08 Å². The summed E-state index contributed by atoms with van der Waals surface area (Å²) in [6, 6.07) is 9.92. The summed E-state index contributed by atoms with van der Waals surface area (Å²) in [5.74, 6) is 2.35. The number of aromatic amines is 1. The molecule has 0 saturated carbocycles. The minimum atomic E-state index is -0.0496. The molecule has 2 aliphatic heterocycles. The highest BCUT2D eigenvalue weighted by molar-refractivity contribution is 5.87. The van der Waals surface area contributed by atoms with Crippen LogP contribution in [0.15, 0.2) is 43.0 Å². The molecule has 7 nitrogen and oxygen atoms in total. The smallest absolute Gasteiger partial charge is 0.245 e. The Morgan fingerprint density at radius 2 is 1.86 bits per heavy atom. The van der Waals surface area contributed by atoms with Crippen molar-refractivity contribution in [2.45, 2.75) is 25.2 Å². The van der Waals surface area contributed by atoms with Crippen molar-refractivity contribution in [2.75, 3.05) is 26.2 Å². The van der Waals surface area contributed by atoms with Gasteiger partial charge in [0.15, 0.2) is 5.82 Å². The molecule has 1 aromatic carbocycles. The Bertz CT molecular complexity index is 849. The molecule has 4 rings (SSSR count). The summed E-state index contributed by atoms with van der Waals surface area (Å²) in [7, 11) is 0. The van der Waals surface area contributed by atoms with Crippen molar-refractivity contribution in [2.24, 2.45) is 5.92 Å². The number of aromatic nitrogens is 3. The Morgan fingerprint density at radius 3 is 2.54 bits per heavy atom. The largest absolute Gasteiger partial charge is 0.343 e. The number of likely N-dealkylation sites (tertiary alicyclic amines) is 2. The van der Waals surface area contributed by atoms with Crippen molar-refractivity contribution in [3.63, 3.8) is 0 Å². The van der Waals surface area contributed by atoms with Gasteiger partial charge in [-0.05, 0) is 18.9 Å². The standard InChI is InChI=1S/C21H25N5O2/c1-2-18(27)26-13-15(14-26)12-19(28)25-10-8-17(9-11-25)21-22-20(23-24-21)16-6-4-3-5-7-16/h2-7,15,17H,1,8-14H2,(H,22,23,24). The van der Waals surface area contributed by atoms with Crippen molar-refractivity contribution in [1.82, 2.24) is 25.0 Å². The van der Waals surface area contributed by atoms with Crippen LogP contribution in [-0.2, 0) is 9.59 Å². The summed E-state index contributed by atoms with van der Waals surface area (Å²) in [4.78, 5) is 32.4. The zero-order valence-electron chi connectivity index (χ0n) is 15.9. The Labute approximate surface area is 164 Å². The second-order valence-corrected chi connectivity index (χ2v) is 7.58. The van der Waals surface area contributed by atoms with Crippen molar-refractivity contribution in [3.8, 4) is 11.4 Å². The molecule has 0 spiro atoms. The fraction of sp³-hybridized carbons (Fsp3) is 0.429. The highest BCUT2D eigenvalue weighted by atomic mass is 16.2. The first-order valence-electron chi connectivity index (χ1n) is 9.81. The van der Waals surface area contributed by atoms with Crippen LogP contribution >= 0.6 is 0 Å². The lowest BCUT2D eigenvalue weighted by molar-refractivity contribution is -0.139. The third kappa shape index (κ3) is 3.83. The number of H-pyrrole nitrogens is 1. The second-order valence-electron chi connectivity index (χ2n) is 7.58. The molecule has 1 N–H and O–H groups in total. The topological polar surface area (TPSA) is 82.2 Å². The van der Waals surface area contributed by atoms with Crippen molar-refractivity contribution in [1.29, 1.82) is 0 Å². The van der Waals surface area contributed by atoms with Gasteiger partial charge in [-0.15, -0.1) is 0 Å². The van der Waals surface area contributed by atoms with Crippen LogP contribution in [0.3, 0.4) is 0 Å². The van der Waals surface area contributed by atoms with Gasteiger partial charge >= 0.3 is 0 Å². The van der Waals surface area contributed by atoms with Crippen LogP contribution in [0, 0.1) is 5.92 Å². The number of nitrogens with zero attached hydrogens (tertiary/aromatic N) is 4.